The van der Waals surface area contributed by atoms with Gasteiger partial charge in [-0.1, -0.05) is 18.2 Å². The van der Waals surface area contributed by atoms with Gasteiger partial charge in [0, 0.05) is 55.1 Å². The van der Waals surface area contributed by atoms with Crippen LogP contribution >= 0.6 is 0 Å². The van der Waals surface area contributed by atoms with Crippen LogP contribution in [0.1, 0.15) is 29.6 Å². The molecule has 10 heteroatoms. The quantitative estimate of drug-likeness (QED) is 0.199. The minimum Gasteiger partial charge on any atom is -0.494 e. The number of aromatic nitrogens is 3. The number of carbonyl (C=O) groups excluding carboxylic acids is 1. The third-order valence-electron chi connectivity index (χ3n) is 6.98. The molecule has 204 valence electrons. The number of esters is 1. The lowest BCUT2D eigenvalue weighted by Gasteiger charge is -2.25. The summed E-state index contributed by atoms with van der Waals surface area (Å²) >= 11 is 0. The molecule has 4 N–H and O–H groups in total. The van der Waals surface area contributed by atoms with Gasteiger partial charge in [0.05, 0.1) is 29.9 Å². The lowest BCUT2D eigenvalue weighted by molar-refractivity contribution is 0.00902. The highest BCUT2D eigenvalue weighted by atomic mass is 16.5. The van der Waals surface area contributed by atoms with Gasteiger partial charge in [-0.2, -0.15) is 0 Å². The molecule has 2 heterocycles. The normalized spacial score (nSPS) is 13.4. The average Bonchev–Trinajstić information content (AvgIpc) is 3.23. The third-order valence-corrected chi connectivity index (χ3v) is 6.98. The first-order chi connectivity index (χ1) is 18.8. The molecule has 0 bridgehead atoms. The van der Waals surface area contributed by atoms with E-state index < -0.39 is 5.97 Å². The van der Waals surface area contributed by atoms with Crippen molar-refractivity contribution in [1.82, 2.24) is 19.4 Å². The van der Waals surface area contributed by atoms with Gasteiger partial charge >= 0.3 is 5.97 Å². The number of benzene rings is 2. The van der Waals surface area contributed by atoms with E-state index in [1.807, 2.05) is 62.2 Å². The van der Waals surface area contributed by atoms with E-state index in [9.17, 15) is 4.79 Å². The molecule has 1 saturated carbocycles. The number of para-hydroxylation sites is 1. The van der Waals surface area contributed by atoms with E-state index in [0.29, 0.717) is 34.3 Å². The number of hydrogen-bond acceptors (Lipinski definition) is 9. The van der Waals surface area contributed by atoms with Crippen molar-refractivity contribution in [3.05, 3.63) is 54.4 Å². The van der Waals surface area contributed by atoms with Crippen LogP contribution in [0.15, 0.2) is 48.8 Å². The fraction of sp³-hybridized carbons (Fsp3) is 0.345. The SMILES string of the molecule is COc1cc(NCCN(C)C)c(N)cc1Nc1ncc(C(=O)OC2CCC2)c(-c2cn(C)c3ccccc23)n1. The summed E-state index contributed by atoms with van der Waals surface area (Å²) in [6.45, 7) is 1.60. The van der Waals surface area contributed by atoms with Crippen molar-refractivity contribution in [3.63, 3.8) is 0 Å². The molecule has 0 saturated heterocycles. The van der Waals surface area contributed by atoms with Gasteiger partial charge in [-0.05, 0) is 45.5 Å². The van der Waals surface area contributed by atoms with Crippen molar-refractivity contribution < 1.29 is 14.3 Å². The first kappa shape index (κ1) is 26.3. The lowest BCUT2D eigenvalue weighted by Crippen LogP contribution is -2.25. The molecule has 2 aromatic carbocycles. The summed E-state index contributed by atoms with van der Waals surface area (Å²) < 4.78 is 13.4. The molecule has 39 heavy (non-hydrogen) atoms. The van der Waals surface area contributed by atoms with Gasteiger partial charge in [-0.25, -0.2) is 14.8 Å². The molecular weight excluding hydrogens is 494 g/mol. The smallest absolute Gasteiger partial charge is 0.342 e. The van der Waals surface area contributed by atoms with Crippen molar-refractivity contribution in [2.24, 2.45) is 7.05 Å². The van der Waals surface area contributed by atoms with Crippen LogP contribution in [0.3, 0.4) is 0 Å². The van der Waals surface area contributed by atoms with Crippen molar-refractivity contribution in [2.45, 2.75) is 25.4 Å². The molecule has 2 aromatic heterocycles. The highest BCUT2D eigenvalue weighted by Crippen LogP contribution is 2.36. The summed E-state index contributed by atoms with van der Waals surface area (Å²) in [5, 5.41) is 7.57. The first-order valence-electron chi connectivity index (χ1n) is 13.1. The number of nitrogens with two attached hydrogens (primary N) is 1. The van der Waals surface area contributed by atoms with Crippen LogP contribution < -0.4 is 21.1 Å². The van der Waals surface area contributed by atoms with Crippen molar-refractivity contribution in [1.29, 1.82) is 0 Å². The van der Waals surface area contributed by atoms with Crippen LogP contribution in [0.5, 0.6) is 5.75 Å². The fourth-order valence-corrected chi connectivity index (χ4v) is 4.58. The Morgan fingerprint density at radius 2 is 2.00 bits per heavy atom. The van der Waals surface area contributed by atoms with Gasteiger partial charge in [0.1, 0.15) is 17.4 Å². The van der Waals surface area contributed by atoms with E-state index in [2.05, 4.69) is 20.5 Å². The molecular formula is C29H35N7O3. The van der Waals surface area contributed by atoms with Gasteiger partial charge in [0.2, 0.25) is 5.95 Å². The number of nitrogens with zero attached hydrogens (tertiary/aromatic N) is 4. The summed E-state index contributed by atoms with van der Waals surface area (Å²) in [6.07, 6.45) is 6.30. The fourth-order valence-electron chi connectivity index (χ4n) is 4.58. The summed E-state index contributed by atoms with van der Waals surface area (Å²) in [7, 11) is 7.61. The number of likely N-dealkylation sites (N-methyl/N-ethyl adjacent to an activating group) is 1. The number of fused-ring (bicyclic) bond motifs is 1. The monoisotopic (exact) mass is 529 g/mol. The lowest BCUT2D eigenvalue weighted by atomic mass is 9.96. The van der Waals surface area contributed by atoms with Gasteiger partial charge < -0.3 is 35.3 Å². The molecule has 1 aliphatic rings. The number of methoxy groups -OCH3 is 1. The zero-order chi connectivity index (χ0) is 27.5. The van der Waals surface area contributed by atoms with Crippen LogP contribution in [-0.2, 0) is 11.8 Å². The Morgan fingerprint density at radius 1 is 1.21 bits per heavy atom. The number of nitrogens with one attached hydrogen (secondary N) is 2. The molecule has 1 fully saturated rings. The summed E-state index contributed by atoms with van der Waals surface area (Å²) in [5.41, 5.74) is 11.0. The maximum atomic E-state index is 13.2. The molecule has 5 rings (SSSR count). The molecule has 0 spiro atoms. The van der Waals surface area contributed by atoms with Crippen LogP contribution in [-0.4, -0.2) is 65.8 Å². The number of ether oxygens (including phenoxy) is 2. The predicted octanol–water partition coefficient (Wildman–Crippen LogP) is 4.65. The summed E-state index contributed by atoms with van der Waals surface area (Å²) in [4.78, 5) is 24.6. The Hall–Kier alpha value is -4.31. The Kier molecular flexibility index (Phi) is 7.56. The predicted molar refractivity (Wildman–Crippen MR) is 155 cm³/mol. The van der Waals surface area contributed by atoms with E-state index in [1.54, 1.807) is 13.2 Å². The number of anilines is 4. The largest absolute Gasteiger partial charge is 0.494 e. The van der Waals surface area contributed by atoms with E-state index >= 15 is 0 Å². The number of aryl methyl sites for hydroxylation is 1. The zero-order valence-corrected chi connectivity index (χ0v) is 22.8. The molecule has 4 aromatic rings. The molecule has 10 nitrogen and oxygen atoms in total. The second kappa shape index (κ2) is 11.2. The number of carbonyl (C=O) groups is 1. The van der Waals surface area contributed by atoms with Crippen molar-refractivity contribution in [3.8, 4) is 17.0 Å². The Bertz CT molecular complexity index is 1490. The molecule has 0 aliphatic heterocycles. The molecule has 0 radical (unpaired) electrons. The van der Waals surface area contributed by atoms with Crippen molar-refractivity contribution >= 4 is 39.9 Å². The van der Waals surface area contributed by atoms with E-state index in [4.69, 9.17) is 20.2 Å². The van der Waals surface area contributed by atoms with Gasteiger partial charge in [-0.3, -0.25) is 0 Å². The summed E-state index contributed by atoms with van der Waals surface area (Å²) in [6, 6.07) is 11.7. The molecule has 0 atom stereocenters. The van der Waals surface area contributed by atoms with E-state index in [1.165, 1.54) is 6.20 Å². The second-order valence-electron chi connectivity index (χ2n) is 10.1. The molecule has 0 amide bonds. The minimum absolute atomic E-state index is 0.0484. The Morgan fingerprint density at radius 3 is 2.72 bits per heavy atom. The van der Waals surface area contributed by atoms with Gasteiger partial charge in [0.15, 0.2) is 0 Å². The van der Waals surface area contributed by atoms with Crippen LogP contribution in [0.2, 0.25) is 0 Å². The Balaban J connectivity index is 1.51. The van der Waals surface area contributed by atoms with Gasteiger partial charge in [0.25, 0.3) is 0 Å². The molecule has 1 aliphatic carbocycles. The highest BCUT2D eigenvalue weighted by molar-refractivity contribution is 6.03. The maximum Gasteiger partial charge on any atom is 0.342 e. The maximum absolute atomic E-state index is 13.2. The van der Waals surface area contributed by atoms with Crippen LogP contribution in [0, 0.1) is 0 Å². The van der Waals surface area contributed by atoms with Crippen molar-refractivity contribution in [2.75, 3.05) is 50.7 Å². The molecule has 0 unspecified atom stereocenters. The van der Waals surface area contributed by atoms with E-state index in [-0.39, 0.29) is 6.10 Å². The first-order valence-corrected chi connectivity index (χ1v) is 13.1. The van der Waals surface area contributed by atoms with E-state index in [0.717, 1.165) is 54.5 Å². The summed E-state index contributed by atoms with van der Waals surface area (Å²) in [5.74, 6) is 0.480. The Labute approximate surface area is 228 Å². The topological polar surface area (TPSA) is 120 Å². The third kappa shape index (κ3) is 5.61. The van der Waals surface area contributed by atoms with Gasteiger partial charge in [-0.15, -0.1) is 0 Å². The second-order valence-corrected chi connectivity index (χ2v) is 10.1. The van der Waals surface area contributed by atoms with Crippen LogP contribution in [0.25, 0.3) is 22.2 Å². The standard InChI is InChI=1S/C29H35N7O3/c1-35(2)13-12-31-23-15-26(38-4)24(14-22(23)30)33-29-32-16-20(28(37)39-18-8-7-9-18)27(34-29)21-17-36(3)25-11-6-5-10-19(21)25/h5-6,10-11,14-18,31H,7-9,12-13,30H2,1-4H3,(H,32,33,34). The number of nitrogen functional groups attached to an aromatic ring is 1. The minimum atomic E-state index is -0.413. The number of hydrogen-bond donors (Lipinski definition) is 3. The zero-order valence-electron chi connectivity index (χ0n) is 22.8. The average molecular weight is 530 g/mol. The van der Waals surface area contributed by atoms with Crippen LogP contribution in [0.4, 0.5) is 23.0 Å². The highest BCUT2D eigenvalue weighted by Gasteiger charge is 2.26. The number of rotatable bonds is 10.